The largest absolute Gasteiger partial charge is 0.377 e. The van der Waals surface area contributed by atoms with Gasteiger partial charge in [-0.05, 0) is 39.2 Å². The molecule has 96 valence electrons. The van der Waals surface area contributed by atoms with Crippen molar-refractivity contribution in [2.75, 3.05) is 13.2 Å². The number of nitrogens with one attached hydrogen (secondary N) is 1. The number of ether oxygens (including phenoxy) is 1. The van der Waals surface area contributed by atoms with Crippen molar-refractivity contribution in [3.8, 4) is 0 Å². The molecule has 0 amide bonds. The summed E-state index contributed by atoms with van der Waals surface area (Å²) in [5, 5.41) is 3.58. The molecule has 2 heteroatoms. The quantitative estimate of drug-likeness (QED) is 0.577. The van der Waals surface area contributed by atoms with Crippen molar-refractivity contribution in [1.82, 2.24) is 5.32 Å². The third kappa shape index (κ3) is 6.29. The summed E-state index contributed by atoms with van der Waals surface area (Å²) in [5.74, 6) is 0. The summed E-state index contributed by atoms with van der Waals surface area (Å²) in [6.45, 7) is 14.6. The first kappa shape index (κ1) is 15.7. The second kappa shape index (κ2) is 9.86. The maximum Gasteiger partial charge on any atom is 0.0728 e. The van der Waals surface area contributed by atoms with Crippen molar-refractivity contribution in [2.24, 2.45) is 0 Å². The van der Waals surface area contributed by atoms with E-state index in [9.17, 15) is 0 Å². The van der Waals surface area contributed by atoms with E-state index >= 15 is 0 Å². The summed E-state index contributed by atoms with van der Waals surface area (Å²) >= 11 is 0. The molecule has 0 aromatic rings. The van der Waals surface area contributed by atoms with Gasteiger partial charge in [0.15, 0.2) is 0 Å². The van der Waals surface area contributed by atoms with Crippen molar-refractivity contribution in [3.05, 3.63) is 12.2 Å². The SMILES string of the molecule is C=C(CC)CC(NCCC)C(CC)OCC. The van der Waals surface area contributed by atoms with E-state index in [4.69, 9.17) is 4.74 Å². The van der Waals surface area contributed by atoms with Crippen LogP contribution in [0.1, 0.15) is 53.4 Å². The second-order valence-corrected chi connectivity index (χ2v) is 4.27. The zero-order valence-electron chi connectivity index (χ0n) is 11.5. The lowest BCUT2D eigenvalue weighted by atomic mass is 9.99. The zero-order chi connectivity index (χ0) is 12.4. The van der Waals surface area contributed by atoms with Gasteiger partial charge in [0, 0.05) is 12.6 Å². The topological polar surface area (TPSA) is 21.3 Å². The van der Waals surface area contributed by atoms with Crippen LogP contribution in [-0.4, -0.2) is 25.3 Å². The van der Waals surface area contributed by atoms with Crippen molar-refractivity contribution >= 4 is 0 Å². The molecule has 0 spiro atoms. The van der Waals surface area contributed by atoms with E-state index in [1.807, 2.05) is 0 Å². The molecule has 0 fully saturated rings. The van der Waals surface area contributed by atoms with Gasteiger partial charge < -0.3 is 10.1 Å². The van der Waals surface area contributed by atoms with Crippen LogP contribution in [-0.2, 0) is 4.74 Å². The summed E-state index contributed by atoms with van der Waals surface area (Å²) < 4.78 is 5.79. The molecule has 0 rings (SSSR count). The van der Waals surface area contributed by atoms with Crippen LogP contribution in [0.25, 0.3) is 0 Å². The van der Waals surface area contributed by atoms with Crippen molar-refractivity contribution in [3.63, 3.8) is 0 Å². The second-order valence-electron chi connectivity index (χ2n) is 4.27. The summed E-state index contributed by atoms with van der Waals surface area (Å²) in [7, 11) is 0. The Hall–Kier alpha value is -0.340. The van der Waals surface area contributed by atoms with Gasteiger partial charge in [-0.2, -0.15) is 0 Å². The molecular formula is C14H29NO. The standard InChI is InChI=1S/C14H29NO/c1-6-10-15-13(11-12(5)7-2)14(8-3)16-9-4/h13-15H,5-11H2,1-4H3. The fourth-order valence-electron chi connectivity index (χ4n) is 1.85. The molecule has 0 saturated carbocycles. The van der Waals surface area contributed by atoms with Gasteiger partial charge in [-0.25, -0.2) is 0 Å². The van der Waals surface area contributed by atoms with E-state index in [2.05, 4.69) is 39.6 Å². The Morgan fingerprint density at radius 2 is 1.94 bits per heavy atom. The first-order valence-corrected chi connectivity index (χ1v) is 6.71. The fraction of sp³-hybridized carbons (Fsp3) is 0.857. The van der Waals surface area contributed by atoms with E-state index in [1.54, 1.807) is 0 Å². The minimum absolute atomic E-state index is 0.319. The minimum Gasteiger partial charge on any atom is -0.377 e. The number of hydrogen-bond acceptors (Lipinski definition) is 2. The molecule has 0 bridgehead atoms. The van der Waals surface area contributed by atoms with Crippen LogP contribution in [0.2, 0.25) is 0 Å². The third-order valence-electron chi connectivity index (χ3n) is 2.90. The molecule has 16 heavy (non-hydrogen) atoms. The average molecular weight is 227 g/mol. The first-order valence-electron chi connectivity index (χ1n) is 6.71. The highest BCUT2D eigenvalue weighted by atomic mass is 16.5. The Balaban J connectivity index is 4.30. The van der Waals surface area contributed by atoms with Crippen LogP contribution in [0, 0.1) is 0 Å². The van der Waals surface area contributed by atoms with Gasteiger partial charge in [0.2, 0.25) is 0 Å². The fourth-order valence-corrected chi connectivity index (χ4v) is 1.85. The molecule has 1 N–H and O–H groups in total. The normalized spacial score (nSPS) is 14.8. The smallest absolute Gasteiger partial charge is 0.0728 e. The third-order valence-corrected chi connectivity index (χ3v) is 2.90. The van der Waals surface area contributed by atoms with Crippen LogP contribution in [0.4, 0.5) is 0 Å². The first-order chi connectivity index (χ1) is 7.69. The van der Waals surface area contributed by atoms with Gasteiger partial charge in [0.1, 0.15) is 0 Å². The molecule has 0 aromatic heterocycles. The minimum atomic E-state index is 0.319. The van der Waals surface area contributed by atoms with Crippen molar-refractivity contribution < 1.29 is 4.74 Å². The summed E-state index contributed by atoms with van der Waals surface area (Å²) in [5.41, 5.74) is 1.31. The van der Waals surface area contributed by atoms with Gasteiger partial charge >= 0.3 is 0 Å². The molecule has 2 atom stereocenters. The van der Waals surface area contributed by atoms with Gasteiger partial charge in [-0.15, -0.1) is 0 Å². The highest BCUT2D eigenvalue weighted by Gasteiger charge is 2.19. The van der Waals surface area contributed by atoms with Crippen molar-refractivity contribution in [1.29, 1.82) is 0 Å². The van der Waals surface area contributed by atoms with Gasteiger partial charge in [-0.1, -0.05) is 32.9 Å². The maximum atomic E-state index is 5.79. The Labute approximate surface area is 101 Å². The lowest BCUT2D eigenvalue weighted by Crippen LogP contribution is -2.41. The molecule has 0 aliphatic carbocycles. The predicted molar refractivity (Wildman–Crippen MR) is 71.8 cm³/mol. The van der Waals surface area contributed by atoms with Crippen LogP contribution < -0.4 is 5.32 Å². The molecule has 0 heterocycles. The Bertz CT molecular complexity index is 180. The lowest BCUT2D eigenvalue weighted by Gasteiger charge is -2.27. The number of rotatable bonds is 10. The molecular weight excluding hydrogens is 198 g/mol. The molecule has 2 unspecified atom stereocenters. The molecule has 0 radical (unpaired) electrons. The van der Waals surface area contributed by atoms with E-state index in [1.165, 1.54) is 5.57 Å². The van der Waals surface area contributed by atoms with Crippen LogP contribution in [0.15, 0.2) is 12.2 Å². The van der Waals surface area contributed by atoms with Crippen LogP contribution >= 0.6 is 0 Å². The highest BCUT2D eigenvalue weighted by Crippen LogP contribution is 2.14. The van der Waals surface area contributed by atoms with E-state index in [0.717, 1.165) is 38.8 Å². The summed E-state index contributed by atoms with van der Waals surface area (Å²) in [6.07, 6.45) is 4.64. The Kier molecular flexibility index (Phi) is 9.65. The monoisotopic (exact) mass is 227 g/mol. The highest BCUT2D eigenvalue weighted by molar-refractivity contribution is 4.98. The summed E-state index contributed by atoms with van der Waals surface area (Å²) in [6, 6.07) is 0.428. The molecule has 0 aliphatic rings. The van der Waals surface area contributed by atoms with Crippen LogP contribution in [0.3, 0.4) is 0 Å². The average Bonchev–Trinajstić information content (AvgIpc) is 2.31. The van der Waals surface area contributed by atoms with Gasteiger partial charge in [-0.3, -0.25) is 0 Å². The Morgan fingerprint density at radius 3 is 2.38 bits per heavy atom. The predicted octanol–water partition coefficient (Wildman–Crippen LogP) is 3.53. The molecule has 0 saturated heterocycles. The van der Waals surface area contributed by atoms with E-state index < -0.39 is 0 Å². The zero-order valence-corrected chi connectivity index (χ0v) is 11.5. The van der Waals surface area contributed by atoms with Crippen LogP contribution in [0.5, 0.6) is 0 Å². The molecule has 0 aliphatic heterocycles. The van der Waals surface area contributed by atoms with Gasteiger partial charge in [0.05, 0.1) is 6.10 Å². The Morgan fingerprint density at radius 1 is 1.25 bits per heavy atom. The van der Waals surface area contributed by atoms with Crippen molar-refractivity contribution in [2.45, 2.75) is 65.5 Å². The summed E-state index contributed by atoms with van der Waals surface area (Å²) in [4.78, 5) is 0. The molecule has 0 aromatic carbocycles. The lowest BCUT2D eigenvalue weighted by molar-refractivity contribution is 0.0318. The van der Waals surface area contributed by atoms with E-state index in [0.29, 0.717) is 12.1 Å². The molecule has 2 nitrogen and oxygen atoms in total. The van der Waals surface area contributed by atoms with E-state index in [-0.39, 0.29) is 0 Å². The van der Waals surface area contributed by atoms with Gasteiger partial charge in [0.25, 0.3) is 0 Å². The maximum absolute atomic E-state index is 5.79. The number of hydrogen-bond donors (Lipinski definition) is 1.